The van der Waals surface area contributed by atoms with Crippen LogP contribution in [0.3, 0.4) is 0 Å². The van der Waals surface area contributed by atoms with E-state index in [1.807, 2.05) is 6.92 Å². The molecule has 6 nitrogen and oxygen atoms in total. The van der Waals surface area contributed by atoms with Crippen LogP contribution >= 0.6 is 0 Å². The number of hydrogen-bond acceptors (Lipinski definition) is 4. The van der Waals surface area contributed by atoms with Crippen molar-refractivity contribution < 1.29 is 14.3 Å². The van der Waals surface area contributed by atoms with Crippen molar-refractivity contribution in [2.45, 2.75) is 25.9 Å². The van der Waals surface area contributed by atoms with Crippen LogP contribution in [0.2, 0.25) is 0 Å². The number of hydrogen-bond donors (Lipinski definition) is 1. The largest absolute Gasteiger partial charge is 0.376 e. The summed E-state index contributed by atoms with van der Waals surface area (Å²) in [4.78, 5) is 29.0. The smallest absolute Gasteiger partial charge is 0.272 e. The molecule has 1 aromatic heterocycles. The zero-order valence-corrected chi connectivity index (χ0v) is 11.5. The summed E-state index contributed by atoms with van der Waals surface area (Å²) in [6.45, 7) is 3.86. The summed E-state index contributed by atoms with van der Waals surface area (Å²) in [6.07, 6.45) is 3.47. The van der Waals surface area contributed by atoms with E-state index < -0.39 is 5.91 Å². The molecule has 20 heavy (non-hydrogen) atoms. The maximum Gasteiger partial charge on any atom is 0.272 e. The third kappa shape index (κ3) is 3.33. The van der Waals surface area contributed by atoms with Gasteiger partial charge in [0.05, 0.1) is 11.7 Å². The van der Waals surface area contributed by atoms with Crippen LogP contribution < -0.4 is 5.73 Å². The topological polar surface area (TPSA) is 85.5 Å². The number of nitrogens with two attached hydrogens (primary N) is 1. The van der Waals surface area contributed by atoms with Crippen LogP contribution in [0.5, 0.6) is 0 Å². The summed E-state index contributed by atoms with van der Waals surface area (Å²) >= 11 is 0. The standard InChI is InChI=1S/C14H19N3O3/c1-2-17(9-11-4-3-7-20-11)14(19)12-6-5-10(8-16-12)13(15)18/h5-6,8,11H,2-4,7,9H2,1H3,(H2,15,18). The van der Waals surface area contributed by atoms with E-state index in [0.717, 1.165) is 19.4 Å². The molecular weight excluding hydrogens is 258 g/mol. The molecule has 108 valence electrons. The molecule has 2 amide bonds. The molecule has 0 spiro atoms. The van der Waals surface area contributed by atoms with Crippen molar-refractivity contribution in [3.63, 3.8) is 0 Å². The van der Waals surface area contributed by atoms with E-state index in [2.05, 4.69) is 4.98 Å². The fraction of sp³-hybridized carbons (Fsp3) is 0.500. The highest BCUT2D eigenvalue weighted by atomic mass is 16.5. The second-order valence-corrected chi connectivity index (χ2v) is 4.78. The summed E-state index contributed by atoms with van der Waals surface area (Å²) in [5, 5.41) is 0. The van der Waals surface area contributed by atoms with Crippen molar-refractivity contribution in [1.29, 1.82) is 0 Å². The Labute approximate surface area is 117 Å². The van der Waals surface area contributed by atoms with Gasteiger partial charge in [0.2, 0.25) is 5.91 Å². The predicted molar refractivity (Wildman–Crippen MR) is 73.3 cm³/mol. The Hall–Kier alpha value is -1.95. The lowest BCUT2D eigenvalue weighted by Gasteiger charge is -2.23. The van der Waals surface area contributed by atoms with E-state index in [0.29, 0.717) is 24.3 Å². The van der Waals surface area contributed by atoms with Crippen molar-refractivity contribution >= 4 is 11.8 Å². The Morgan fingerprint density at radius 1 is 1.50 bits per heavy atom. The molecule has 1 saturated heterocycles. The van der Waals surface area contributed by atoms with Crippen LogP contribution in [0.25, 0.3) is 0 Å². The zero-order valence-electron chi connectivity index (χ0n) is 11.5. The number of amides is 2. The van der Waals surface area contributed by atoms with Crippen LogP contribution in [-0.2, 0) is 4.74 Å². The van der Waals surface area contributed by atoms with Crippen LogP contribution in [0, 0.1) is 0 Å². The molecule has 1 unspecified atom stereocenters. The molecule has 1 aliphatic rings. The molecule has 1 atom stereocenters. The number of nitrogens with zero attached hydrogens (tertiary/aromatic N) is 2. The van der Waals surface area contributed by atoms with Gasteiger partial charge in [-0.1, -0.05) is 0 Å². The molecule has 0 aliphatic carbocycles. The summed E-state index contributed by atoms with van der Waals surface area (Å²) < 4.78 is 5.55. The van der Waals surface area contributed by atoms with Crippen molar-refractivity contribution in [3.05, 3.63) is 29.6 Å². The van der Waals surface area contributed by atoms with Gasteiger partial charge in [0.15, 0.2) is 0 Å². The van der Waals surface area contributed by atoms with E-state index >= 15 is 0 Å². The molecule has 2 N–H and O–H groups in total. The Bertz CT molecular complexity index is 481. The molecule has 0 radical (unpaired) electrons. The minimum Gasteiger partial charge on any atom is -0.376 e. The van der Waals surface area contributed by atoms with Gasteiger partial charge in [-0.2, -0.15) is 0 Å². The number of carbonyl (C=O) groups is 2. The number of pyridine rings is 1. The van der Waals surface area contributed by atoms with Gasteiger partial charge in [0, 0.05) is 25.9 Å². The molecule has 0 aromatic carbocycles. The quantitative estimate of drug-likeness (QED) is 0.863. The van der Waals surface area contributed by atoms with E-state index in [1.54, 1.807) is 4.90 Å². The molecule has 2 rings (SSSR count). The lowest BCUT2D eigenvalue weighted by atomic mass is 10.2. The van der Waals surface area contributed by atoms with Gasteiger partial charge in [-0.05, 0) is 31.9 Å². The van der Waals surface area contributed by atoms with Crippen LogP contribution in [0.15, 0.2) is 18.3 Å². The fourth-order valence-corrected chi connectivity index (χ4v) is 2.22. The van der Waals surface area contributed by atoms with Gasteiger partial charge in [0.1, 0.15) is 5.69 Å². The van der Waals surface area contributed by atoms with Gasteiger partial charge in [-0.3, -0.25) is 14.6 Å². The second-order valence-electron chi connectivity index (χ2n) is 4.78. The molecule has 0 bridgehead atoms. The maximum atomic E-state index is 12.3. The molecule has 1 aliphatic heterocycles. The van der Waals surface area contributed by atoms with Gasteiger partial charge < -0.3 is 15.4 Å². The van der Waals surface area contributed by atoms with Crippen molar-refractivity contribution in [3.8, 4) is 0 Å². The third-order valence-corrected chi connectivity index (χ3v) is 3.38. The average Bonchev–Trinajstić information content (AvgIpc) is 2.97. The third-order valence-electron chi connectivity index (χ3n) is 3.38. The number of primary amides is 1. The highest BCUT2D eigenvalue weighted by Gasteiger charge is 2.23. The highest BCUT2D eigenvalue weighted by Crippen LogP contribution is 2.14. The van der Waals surface area contributed by atoms with Crippen LogP contribution in [0.1, 0.15) is 40.6 Å². The van der Waals surface area contributed by atoms with Crippen molar-refractivity contribution in [2.75, 3.05) is 19.7 Å². The number of carbonyl (C=O) groups excluding carboxylic acids is 2. The molecule has 1 fully saturated rings. The number of rotatable bonds is 5. The normalized spacial score (nSPS) is 17.9. The zero-order chi connectivity index (χ0) is 14.5. The molecular formula is C14H19N3O3. The summed E-state index contributed by atoms with van der Waals surface area (Å²) in [5.74, 6) is -0.706. The van der Waals surface area contributed by atoms with Crippen LogP contribution in [-0.4, -0.2) is 47.5 Å². The van der Waals surface area contributed by atoms with Gasteiger partial charge in [-0.25, -0.2) is 0 Å². The monoisotopic (exact) mass is 277 g/mol. The van der Waals surface area contributed by atoms with E-state index in [1.165, 1.54) is 18.3 Å². The SMILES string of the molecule is CCN(CC1CCCO1)C(=O)c1ccc(C(N)=O)cn1. The first-order valence-corrected chi connectivity index (χ1v) is 6.78. The molecule has 0 saturated carbocycles. The summed E-state index contributed by atoms with van der Waals surface area (Å²) in [6, 6.07) is 3.04. The number of likely N-dealkylation sites (N-methyl/N-ethyl adjacent to an activating group) is 1. The molecule has 2 heterocycles. The lowest BCUT2D eigenvalue weighted by Crippen LogP contribution is -2.37. The van der Waals surface area contributed by atoms with E-state index in [4.69, 9.17) is 10.5 Å². The van der Waals surface area contributed by atoms with Gasteiger partial charge in [0.25, 0.3) is 5.91 Å². The minimum atomic E-state index is -0.553. The summed E-state index contributed by atoms with van der Waals surface area (Å²) in [5.41, 5.74) is 5.75. The first-order valence-electron chi connectivity index (χ1n) is 6.78. The predicted octanol–water partition coefficient (Wildman–Crippen LogP) is 0.822. The Kier molecular flexibility index (Phi) is 4.68. The van der Waals surface area contributed by atoms with E-state index in [9.17, 15) is 9.59 Å². The molecule has 1 aromatic rings. The lowest BCUT2D eigenvalue weighted by molar-refractivity contribution is 0.0534. The number of ether oxygens (including phenoxy) is 1. The van der Waals surface area contributed by atoms with Gasteiger partial charge in [-0.15, -0.1) is 0 Å². The molecule has 6 heteroatoms. The first-order chi connectivity index (χ1) is 9.61. The van der Waals surface area contributed by atoms with Crippen LogP contribution in [0.4, 0.5) is 0 Å². The fourth-order valence-electron chi connectivity index (χ4n) is 2.22. The van der Waals surface area contributed by atoms with E-state index in [-0.39, 0.29) is 12.0 Å². The Balaban J connectivity index is 2.05. The average molecular weight is 277 g/mol. The minimum absolute atomic E-state index is 0.115. The Morgan fingerprint density at radius 3 is 2.80 bits per heavy atom. The van der Waals surface area contributed by atoms with Crippen molar-refractivity contribution in [1.82, 2.24) is 9.88 Å². The highest BCUT2D eigenvalue weighted by molar-refractivity contribution is 5.95. The summed E-state index contributed by atoms with van der Waals surface area (Å²) in [7, 11) is 0. The number of aromatic nitrogens is 1. The first kappa shape index (κ1) is 14.5. The maximum absolute atomic E-state index is 12.3. The van der Waals surface area contributed by atoms with Gasteiger partial charge >= 0.3 is 0 Å². The Morgan fingerprint density at radius 2 is 2.30 bits per heavy atom. The van der Waals surface area contributed by atoms with Crippen molar-refractivity contribution in [2.24, 2.45) is 5.73 Å². The second kappa shape index (κ2) is 6.47.